The molecular weight excluding hydrogens is 251 g/mol. The summed E-state index contributed by atoms with van der Waals surface area (Å²) < 4.78 is 36.2. The molecule has 0 fully saturated rings. The van der Waals surface area contributed by atoms with E-state index in [1.807, 2.05) is 0 Å². The zero-order valence-electron chi connectivity index (χ0n) is 9.84. The molecule has 3 nitrogen and oxygen atoms in total. The third-order valence-corrected chi connectivity index (χ3v) is 2.91. The van der Waals surface area contributed by atoms with Gasteiger partial charge in [-0.15, -0.1) is 21.5 Å². The maximum absolute atomic E-state index is 12.1. The summed E-state index contributed by atoms with van der Waals surface area (Å²) in [6, 6.07) is 0. The van der Waals surface area contributed by atoms with Crippen LogP contribution < -0.4 is 5.32 Å². The summed E-state index contributed by atoms with van der Waals surface area (Å²) in [5, 5.41) is 11.2. The predicted octanol–water partition coefficient (Wildman–Crippen LogP) is 2.43. The van der Waals surface area contributed by atoms with Crippen LogP contribution in [0, 0.1) is 5.92 Å². The molecule has 0 saturated carbocycles. The standard InChI is InChI=1S/C10H16F3N3S/c1-7(2)6-14-4-3-8-15-16-9(17-8)5-10(11,12)13/h7,14H,3-6H2,1-2H3. The second kappa shape index (κ2) is 6.30. The second-order valence-corrected chi connectivity index (χ2v) is 5.38. The first-order valence-corrected chi connectivity index (χ1v) is 6.27. The SMILES string of the molecule is CC(C)CNCCc1nnc(CC(F)(F)F)s1. The van der Waals surface area contributed by atoms with Crippen LogP contribution >= 0.6 is 11.3 Å². The Morgan fingerprint density at radius 2 is 1.88 bits per heavy atom. The third kappa shape index (κ3) is 6.58. The lowest BCUT2D eigenvalue weighted by Crippen LogP contribution is -2.22. The predicted molar refractivity (Wildman–Crippen MR) is 61.1 cm³/mol. The number of hydrogen-bond acceptors (Lipinski definition) is 4. The Kier molecular flexibility index (Phi) is 5.32. The summed E-state index contributed by atoms with van der Waals surface area (Å²) in [6.07, 6.45) is -4.56. The fraction of sp³-hybridized carbons (Fsp3) is 0.800. The highest BCUT2D eigenvalue weighted by Crippen LogP contribution is 2.23. The van der Waals surface area contributed by atoms with Gasteiger partial charge in [0.05, 0.1) is 6.42 Å². The van der Waals surface area contributed by atoms with Gasteiger partial charge in [0.1, 0.15) is 10.0 Å². The molecule has 1 N–H and O–H groups in total. The smallest absolute Gasteiger partial charge is 0.316 e. The maximum Gasteiger partial charge on any atom is 0.395 e. The molecule has 0 spiro atoms. The Labute approximate surface area is 102 Å². The number of rotatable bonds is 6. The molecule has 0 unspecified atom stereocenters. The van der Waals surface area contributed by atoms with Crippen molar-refractivity contribution < 1.29 is 13.2 Å². The molecule has 7 heteroatoms. The quantitative estimate of drug-likeness (QED) is 0.804. The lowest BCUT2D eigenvalue weighted by molar-refractivity contribution is -0.127. The average molecular weight is 267 g/mol. The van der Waals surface area contributed by atoms with Gasteiger partial charge < -0.3 is 5.32 Å². The first-order chi connectivity index (χ1) is 7.87. The minimum Gasteiger partial charge on any atom is -0.316 e. The van der Waals surface area contributed by atoms with Crippen LogP contribution in [-0.2, 0) is 12.8 Å². The van der Waals surface area contributed by atoms with Crippen LogP contribution in [-0.4, -0.2) is 29.5 Å². The van der Waals surface area contributed by atoms with Crippen molar-refractivity contribution >= 4 is 11.3 Å². The monoisotopic (exact) mass is 267 g/mol. The Hall–Kier alpha value is -0.690. The molecular formula is C10H16F3N3S. The van der Waals surface area contributed by atoms with Crippen LogP contribution in [0.1, 0.15) is 23.9 Å². The maximum atomic E-state index is 12.1. The number of nitrogens with one attached hydrogen (secondary N) is 1. The van der Waals surface area contributed by atoms with Gasteiger partial charge in [0.25, 0.3) is 0 Å². The van der Waals surface area contributed by atoms with Crippen LogP contribution in [0.3, 0.4) is 0 Å². The van der Waals surface area contributed by atoms with E-state index in [1.54, 1.807) is 0 Å². The number of halogens is 3. The van der Waals surface area contributed by atoms with E-state index in [1.165, 1.54) is 0 Å². The van der Waals surface area contributed by atoms with E-state index in [9.17, 15) is 13.2 Å². The highest BCUT2D eigenvalue weighted by atomic mass is 32.1. The summed E-state index contributed by atoms with van der Waals surface area (Å²) in [7, 11) is 0. The number of aromatic nitrogens is 2. The second-order valence-electron chi connectivity index (χ2n) is 4.23. The topological polar surface area (TPSA) is 37.8 Å². The van der Waals surface area contributed by atoms with Gasteiger partial charge >= 0.3 is 6.18 Å². The molecule has 1 aromatic rings. The largest absolute Gasteiger partial charge is 0.395 e. The van der Waals surface area contributed by atoms with Crippen LogP contribution in [0.15, 0.2) is 0 Å². The first-order valence-electron chi connectivity index (χ1n) is 5.45. The van der Waals surface area contributed by atoms with E-state index in [4.69, 9.17) is 0 Å². The molecule has 1 rings (SSSR count). The van der Waals surface area contributed by atoms with Gasteiger partial charge in [-0.1, -0.05) is 13.8 Å². The van der Waals surface area contributed by atoms with Crippen LogP contribution in [0.2, 0.25) is 0 Å². The van der Waals surface area contributed by atoms with E-state index >= 15 is 0 Å². The highest BCUT2D eigenvalue weighted by Gasteiger charge is 2.29. The van der Waals surface area contributed by atoms with Crippen molar-refractivity contribution in [3.8, 4) is 0 Å². The van der Waals surface area contributed by atoms with Crippen LogP contribution in [0.5, 0.6) is 0 Å². The molecule has 0 aliphatic carbocycles. The van der Waals surface area contributed by atoms with Gasteiger partial charge in [0, 0.05) is 13.0 Å². The van der Waals surface area contributed by atoms with Crippen molar-refractivity contribution in [3.05, 3.63) is 10.0 Å². The fourth-order valence-corrected chi connectivity index (χ4v) is 2.09. The average Bonchev–Trinajstić information content (AvgIpc) is 2.57. The van der Waals surface area contributed by atoms with Crippen molar-refractivity contribution in [1.29, 1.82) is 0 Å². The molecule has 0 aliphatic heterocycles. The van der Waals surface area contributed by atoms with Gasteiger partial charge in [0.2, 0.25) is 0 Å². The van der Waals surface area contributed by atoms with Gasteiger partial charge in [-0.3, -0.25) is 0 Å². The van der Waals surface area contributed by atoms with Crippen molar-refractivity contribution in [2.75, 3.05) is 13.1 Å². The summed E-state index contributed by atoms with van der Waals surface area (Å²) in [4.78, 5) is 0. The van der Waals surface area contributed by atoms with Gasteiger partial charge in [-0.25, -0.2) is 0 Å². The van der Waals surface area contributed by atoms with E-state index in [2.05, 4.69) is 29.4 Å². The molecule has 0 amide bonds. The molecule has 17 heavy (non-hydrogen) atoms. The van der Waals surface area contributed by atoms with Gasteiger partial charge in [-0.2, -0.15) is 13.2 Å². The third-order valence-electron chi connectivity index (χ3n) is 1.93. The number of nitrogens with zero attached hydrogens (tertiary/aromatic N) is 2. The molecule has 98 valence electrons. The molecule has 0 aliphatic rings. The Morgan fingerprint density at radius 3 is 2.47 bits per heavy atom. The summed E-state index contributed by atoms with van der Waals surface area (Å²) in [6.45, 7) is 5.81. The molecule has 0 atom stereocenters. The van der Waals surface area contributed by atoms with Crippen molar-refractivity contribution in [1.82, 2.24) is 15.5 Å². The summed E-state index contributed by atoms with van der Waals surface area (Å²) in [5.74, 6) is 0.560. The van der Waals surface area contributed by atoms with Crippen LogP contribution in [0.25, 0.3) is 0 Å². The van der Waals surface area contributed by atoms with E-state index < -0.39 is 12.6 Å². The summed E-state index contributed by atoms with van der Waals surface area (Å²) >= 11 is 1.04. The number of alkyl halides is 3. The Balaban J connectivity index is 2.31. The van der Waals surface area contributed by atoms with Gasteiger partial charge in [0.15, 0.2) is 0 Å². The molecule has 0 bridgehead atoms. The molecule has 1 aromatic heterocycles. The fourth-order valence-electron chi connectivity index (χ4n) is 1.22. The first kappa shape index (κ1) is 14.4. The lowest BCUT2D eigenvalue weighted by Gasteiger charge is -2.05. The minimum atomic E-state index is -4.20. The Morgan fingerprint density at radius 1 is 1.24 bits per heavy atom. The van der Waals surface area contributed by atoms with E-state index in [-0.39, 0.29) is 5.01 Å². The van der Waals surface area contributed by atoms with Crippen molar-refractivity contribution in [2.24, 2.45) is 5.92 Å². The van der Waals surface area contributed by atoms with Crippen molar-refractivity contribution in [3.63, 3.8) is 0 Å². The van der Waals surface area contributed by atoms with Gasteiger partial charge in [-0.05, 0) is 12.5 Å². The zero-order chi connectivity index (χ0) is 12.9. The molecule has 0 radical (unpaired) electrons. The normalized spacial score (nSPS) is 12.4. The number of hydrogen-bond donors (Lipinski definition) is 1. The highest BCUT2D eigenvalue weighted by molar-refractivity contribution is 7.11. The molecule has 0 saturated heterocycles. The van der Waals surface area contributed by atoms with Crippen LogP contribution in [0.4, 0.5) is 13.2 Å². The minimum absolute atomic E-state index is 0.0383. The molecule has 0 aromatic carbocycles. The summed E-state index contributed by atoms with van der Waals surface area (Å²) in [5.41, 5.74) is 0. The van der Waals surface area contributed by atoms with Crippen molar-refractivity contribution in [2.45, 2.75) is 32.9 Å². The molecule has 1 heterocycles. The van der Waals surface area contributed by atoms with E-state index in [0.717, 1.165) is 24.4 Å². The Bertz CT molecular complexity index is 336. The van der Waals surface area contributed by atoms with E-state index in [0.29, 0.717) is 17.3 Å². The lowest BCUT2D eigenvalue weighted by atomic mass is 10.2. The zero-order valence-corrected chi connectivity index (χ0v) is 10.7.